The molecule has 0 N–H and O–H groups in total. The maximum absolute atomic E-state index is 12.3. The number of nitrogens with zero attached hydrogens (tertiary/aromatic N) is 2. The standard InChI is InChI=1S/C13H16N2OS/c1-2-11-6-7-12(17-11)13(16)15(9-3-8-14)10-4-5-10/h6-7,10H,2-5,9H2,1H3. The summed E-state index contributed by atoms with van der Waals surface area (Å²) in [5, 5.41) is 8.63. The fraction of sp³-hybridized carbons (Fsp3) is 0.538. The summed E-state index contributed by atoms with van der Waals surface area (Å²) < 4.78 is 0. The van der Waals surface area contributed by atoms with Crippen LogP contribution in [0.15, 0.2) is 12.1 Å². The Balaban J connectivity index is 2.07. The first kappa shape index (κ1) is 12.1. The van der Waals surface area contributed by atoms with Gasteiger partial charge in [-0.2, -0.15) is 5.26 Å². The monoisotopic (exact) mass is 248 g/mol. The van der Waals surface area contributed by atoms with Gasteiger partial charge in [-0.25, -0.2) is 0 Å². The van der Waals surface area contributed by atoms with E-state index in [-0.39, 0.29) is 5.91 Å². The zero-order valence-corrected chi connectivity index (χ0v) is 10.8. The number of aryl methyl sites for hydroxylation is 1. The van der Waals surface area contributed by atoms with Crippen molar-refractivity contribution in [1.82, 2.24) is 4.90 Å². The van der Waals surface area contributed by atoms with E-state index in [9.17, 15) is 4.79 Å². The second kappa shape index (κ2) is 5.33. The van der Waals surface area contributed by atoms with Gasteiger partial charge in [-0.05, 0) is 31.4 Å². The Kier molecular flexibility index (Phi) is 3.80. The molecule has 0 radical (unpaired) electrons. The average molecular weight is 248 g/mol. The summed E-state index contributed by atoms with van der Waals surface area (Å²) in [6.07, 6.45) is 3.57. The summed E-state index contributed by atoms with van der Waals surface area (Å²) in [7, 11) is 0. The third-order valence-electron chi connectivity index (χ3n) is 2.93. The Hall–Kier alpha value is -1.34. The Labute approximate surface area is 106 Å². The molecule has 90 valence electrons. The van der Waals surface area contributed by atoms with Gasteiger partial charge >= 0.3 is 0 Å². The zero-order chi connectivity index (χ0) is 12.3. The predicted molar refractivity (Wildman–Crippen MR) is 68.0 cm³/mol. The molecule has 1 heterocycles. The largest absolute Gasteiger partial charge is 0.334 e. The van der Waals surface area contributed by atoms with Crippen LogP contribution >= 0.6 is 11.3 Å². The highest BCUT2D eigenvalue weighted by Crippen LogP contribution is 2.30. The number of hydrogen-bond acceptors (Lipinski definition) is 3. The Morgan fingerprint density at radius 1 is 1.59 bits per heavy atom. The molecule has 0 aromatic carbocycles. The lowest BCUT2D eigenvalue weighted by Gasteiger charge is -2.20. The molecule has 0 unspecified atom stereocenters. The number of rotatable bonds is 5. The van der Waals surface area contributed by atoms with Crippen LogP contribution in [0.5, 0.6) is 0 Å². The SMILES string of the molecule is CCc1ccc(C(=O)N(CCC#N)C2CC2)s1. The van der Waals surface area contributed by atoms with Crippen molar-refractivity contribution in [2.24, 2.45) is 0 Å². The summed E-state index contributed by atoms with van der Waals surface area (Å²) >= 11 is 1.57. The van der Waals surface area contributed by atoms with Gasteiger partial charge in [0.2, 0.25) is 0 Å². The van der Waals surface area contributed by atoms with E-state index in [1.54, 1.807) is 11.3 Å². The van der Waals surface area contributed by atoms with E-state index in [4.69, 9.17) is 5.26 Å². The first-order valence-corrected chi connectivity index (χ1v) is 6.84. The molecule has 1 aromatic heterocycles. The van der Waals surface area contributed by atoms with E-state index in [1.807, 2.05) is 17.0 Å². The zero-order valence-electron chi connectivity index (χ0n) is 9.98. The van der Waals surface area contributed by atoms with Crippen LogP contribution in [0.4, 0.5) is 0 Å². The van der Waals surface area contributed by atoms with E-state index < -0.39 is 0 Å². The number of nitriles is 1. The Morgan fingerprint density at radius 2 is 2.35 bits per heavy atom. The van der Waals surface area contributed by atoms with Crippen molar-refractivity contribution >= 4 is 17.2 Å². The van der Waals surface area contributed by atoms with Crippen LogP contribution in [-0.2, 0) is 6.42 Å². The van der Waals surface area contributed by atoms with Gasteiger partial charge < -0.3 is 4.90 Å². The smallest absolute Gasteiger partial charge is 0.264 e. The maximum atomic E-state index is 12.3. The number of carbonyl (C=O) groups excluding carboxylic acids is 1. The molecule has 1 aliphatic rings. The van der Waals surface area contributed by atoms with Crippen LogP contribution in [-0.4, -0.2) is 23.4 Å². The maximum Gasteiger partial charge on any atom is 0.264 e. The number of carbonyl (C=O) groups is 1. The summed E-state index contributed by atoms with van der Waals surface area (Å²) in [6, 6.07) is 6.42. The minimum absolute atomic E-state index is 0.104. The van der Waals surface area contributed by atoms with Gasteiger partial charge in [-0.15, -0.1) is 11.3 Å². The lowest BCUT2D eigenvalue weighted by atomic mass is 10.3. The van der Waals surface area contributed by atoms with Crippen LogP contribution in [0.25, 0.3) is 0 Å². The summed E-state index contributed by atoms with van der Waals surface area (Å²) in [5.74, 6) is 0.104. The van der Waals surface area contributed by atoms with Crippen molar-refractivity contribution in [3.63, 3.8) is 0 Å². The van der Waals surface area contributed by atoms with Crippen LogP contribution in [0.1, 0.15) is 40.7 Å². The molecular weight excluding hydrogens is 232 g/mol. The van der Waals surface area contributed by atoms with Crippen molar-refractivity contribution < 1.29 is 4.79 Å². The fourth-order valence-corrected chi connectivity index (χ4v) is 2.73. The van der Waals surface area contributed by atoms with Crippen molar-refractivity contribution in [3.8, 4) is 6.07 Å². The highest BCUT2D eigenvalue weighted by atomic mass is 32.1. The van der Waals surface area contributed by atoms with E-state index in [0.29, 0.717) is 19.0 Å². The Bertz CT molecular complexity index is 443. The molecule has 4 heteroatoms. The molecule has 2 rings (SSSR count). The van der Waals surface area contributed by atoms with Gasteiger partial charge in [-0.1, -0.05) is 6.92 Å². The lowest BCUT2D eigenvalue weighted by molar-refractivity contribution is 0.0751. The molecule has 1 amide bonds. The van der Waals surface area contributed by atoms with Gasteiger partial charge in [0.15, 0.2) is 0 Å². The second-order valence-corrected chi connectivity index (χ2v) is 5.43. The molecule has 1 aliphatic carbocycles. The molecule has 0 atom stereocenters. The molecular formula is C13H16N2OS. The molecule has 3 nitrogen and oxygen atoms in total. The molecule has 0 aliphatic heterocycles. The number of hydrogen-bond donors (Lipinski definition) is 0. The van der Waals surface area contributed by atoms with Crippen LogP contribution in [0.2, 0.25) is 0 Å². The van der Waals surface area contributed by atoms with Gasteiger partial charge in [0.05, 0.1) is 17.4 Å². The van der Waals surface area contributed by atoms with Gasteiger partial charge in [-0.3, -0.25) is 4.79 Å². The summed E-state index contributed by atoms with van der Waals surface area (Å²) in [5.41, 5.74) is 0. The molecule has 1 saturated carbocycles. The first-order chi connectivity index (χ1) is 8.26. The van der Waals surface area contributed by atoms with Crippen molar-refractivity contribution in [2.45, 2.75) is 38.6 Å². The van der Waals surface area contributed by atoms with Crippen molar-refractivity contribution in [1.29, 1.82) is 5.26 Å². The highest BCUT2D eigenvalue weighted by molar-refractivity contribution is 7.14. The average Bonchev–Trinajstić information content (AvgIpc) is 3.06. The number of amides is 1. The minimum atomic E-state index is 0.104. The summed E-state index contributed by atoms with van der Waals surface area (Å²) in [4.78, 5) is 16.2. The van der Waals surface area contributed by atoms with Gasteiger partial charge in [0, 0.05) is 17.5 Å². The molecule has 1 aromatic rings. The third kappa shape index (κ3) is 2.86. The molecule has 0 saturated heterocycles. The topological polar surface area (TPSA) is 44.1 Å². The molecule has 1 fully saturated rings. The number of thiophene rings is 1. The van der Waals surface area contributed by atoms with Crippen LogP contribution in [0.3, 0.4) is 0 Å². The van der Waals surface area contributed by atoms with E-state index >= 15 is 0 Å². The van der Waals surface area contributed by atoms with Gasteiger partial charge in [0.1, 0.15) is 0 Å². The second-order valence-electron chi connectivity index (χ2n) is 4.26. The minimum Gasteiger partial charge on any atom is -0.334 e. The van der Waals surface area contributed by atoms with Crippen LogP contribution in [0, 0.1) is 11.3 Å². The van der Waals surface area contributed by atoms with Crippen LogP contribution < -0.4 is 0 Å². The van der Waals surface area contributed by atoms with E-state index in [0.717, 1.165) is 24.1 Å². The molecule has 17 heavy (non-hydrogen) atoms. The molecule has 0 spiro atoms. The Morgan fingerprint density at radius 3 is 2.88 bits per heavy atom. The quantitative estimate of drug-likeness (QED) is 0.804. The lowest BCUT2D eigenvalue weighted by Crippen LogP contribution is -2.33. The van der Waals surface area contributed by atoms with Gasteiger partial charge in [0.25, 0.3) is 5.91 Å². The fourth-order valence-electron chi connectivity index (χ4n) is 1.83. The normalized spacial score (nSPS) is 14.4. The van der Waals surface area contributed by atoms with E-state index in [1.165, 1.54) is 4.88 Å². The first-order valence-electron chi connectivity index (χ1n) is 6.03. The van der Waals surface area contributed by atoms with Crippen molar-refractivity contribution in [3.05, 3.63) is 21.9 Å². The molecule has 0 bridgehead atoms. The third-order valence-corrected chi connectivity index (χ3v) is 4.15. The van der Waals surface area contributed by atoms with E-state index in [2.05, 4.69) is 13.0 Å². The highest BCUT2D eigenvalue weighted by Gasteiger charge is 2.33. The summed E-state index contributed by atoms with van der Waals surface area (Å²) in [6.45, 7) is 2.66. The predicted octanol–water partition coefficient (Wildman–Crippen LogP) is 2.83. The van der Waals surface area contributed by atoms with Crippen molar-refractivity contribution in [2.75, 3.05) is 6.54 Å².